The van der Waals surface area contributed by atoms with Crippen LogP contribution >= 0.6 is 0 Å². The van der Waals surface area contributed by atoms with E-state index in [0.717, 1.165) is 0 Å². The number of aliphatic carboxylic acids is 1. The molecule has 18 nitrogen and oxygen atoms in total. The highest BCUT2D eigenvalue weighted by molar-refractivity contribution is 5.96. The zero-order chi connectivity index (χ0) is 36.3. The smallest absolute Gasteiger partial charge is 0.322 e. The van der Waals surface area contributed by atoms with Crippen molar-refractivity contribution in [3.63, 3.8) is 0 Å². The van der Waals surface area contributed by atoms with E-state index in [9.17, 15) is 38.4 Å². The molecule has 0 aliphatic rings. The number of carbonyl (C=O) groups excluding carboxylic acids is 7. The monoisotopic (exact) mass is 671 g/mol. The molecule has 268 valence electrons. The fraction of sp³-hybridized carbons (Fsp3) is 0.724. The number of amides is 7. The highest BCUT2D eigenvalue weighted by Gasteiger charge is 2.29. The Morgan fingerprint density at radius 3 is 1.72 bits per heavy atom. The van der Waals surface area contributed by atoms with Gasteiger partial charge in [-0.05, 0) is 57.4 Å². The molecule has 0 aromatic heterocycles. The van der Waals surface area contributed by atoms with Crippen LogP contribution in [0.15, 0.2) is 0 Å². The summed E-state index contributed by atoms with van der Waals surface area (Å²) in [5, 5.41) is 23.2. The van der Waals surface area contributed by atoms with Gasteiger partial charge < -0.3 is 54.2 Å². The SMILES string of the molecule is CC(C)C[C@H](NC(=O)[C@H](C)NC(=O)[C@H](CCCCN)NC(=O)CNC(=O)[C@H](CC(N)=O)NC(=O)[C@@H](N)CC(C)C)C(=O)NCC(=O)O. The van der Waals surface area contributed by atoms with Crippen molar-refractivity contribution in [3.8, 4) is 0 Å². The quantitative estimate of drug-likeness (QED) is 0.0479. The maximum atomic E-state index is 13.1. The van der Waals surface area contributed by atoms with E-state index >= 15 is 0 Å². The molecular weight excluding hydrogens is 618 g/mol. The first-order valence-corrected chi connectivity index (χ1v) is 15.6. The molecule has 0 aromatic carbocycles. The van der Waals surface area contributed by atoms with Crippen LogP contribution in [0.25, 0.3) is 0 Å². The molecule has 0 aliphatic carbocycles. The summed E-state index contributed by atoms with van der Waals surface area (Å²) in [6.45, 7) is 7.77. The Morgan fingerprint density at radius 2 is 1.19 bits per heavy atom. The van der Waals surface area contributed by atoms with E-state index in [1.165, 1.54) is 6.92 Å². The van der Waals surface area contributed by atoms with Gasteiger partial charge in [0, 0.05) is 0 Å². The van der Waals surface area contributed by atoms with Crippen molar-refractivity contribution in [1.29, 1.82) is 0 Å². The van der Waals surface area contributed by atoms with Gasteiger partial charge in [-0.3, -0.25) is 38.4 Å². The van der Waals surface area contributed by atoms with Crippen LogP contribution in [0.2, 0.25) is 0 Å². The van der Waals surface area contributed by atoms with Crippen molar-refractivity contribution in [2.24, 2.45) is 29.0 Å². The lowest BCUT2D eigenvalue weighted by Gasteiger charge is -2.24. The summed E-state index contributed by atoms with van der Waals surface area (Å²) in [5.74, 6) is -6.54. The Hall–Kier alpha value is -4.32. The zero-order valence-electron chi connectivity index (χ0n) is 27.9. The van der Waals surface area contributed by atoms with Gasteiger partial charge in [0.2, 0.25) is 41.4 Å². The lowest BCUT2D eigenvalue weighted by Crippen LogP contribution is -2.57. The summed E-state index contributed by atoms with van der Waals surface area (Å²) in [7, 11) is 0. The van der Waals surface area contributed by atoms with Crippen molar-refractivity contribution in [2.45, 2.75) is 103 Å². The number of nitrogens with two attached hydrogens (primary N) is 3. The molecule has 5 atom stereocenters. The van der Waals surface area contributed by atoms with Gasteiger partial charge in [0.1, 0.15) is 30.7 Å². The van der Waals surface area contributed by atoms with Gasteiger partial charge in [-0.2, -0.15) is 0 Å². The number of carboxylic acid groups (broad SMARTS) is 1. The second-order valence-corrected chi connectivity index (χ2v) is 12.1. The lowest BCUT2D eigenvalue weighted by molar-refractivity contribution is -0.138. The molecule has 0 bridgehead atoms. The molecule has 0 saturated carbocycles. The average molecular weight is 672 g/mol. The Kier molecular flexibility index (Phi) is 20.2. The molecule has 0 spiro atoms. The Balaban J connectivity index is 5.43. The van der Waals surface area contributed by atoms with Crippen LogP contribution in [-0.4, -0.2) is 102 Å². The third-order valence-corrected chi connectivity index (χ3v) is 6.63. The molecule has 0 radical (unpaired) electrons. The molecule has 0 heterocycles. The molecule has 0 fully saturated rings. The number of hydrogen-bond acceptors (Lipinski definition) is 10. The molecule has 0 unspecified atom stereocenters. The van der Waals surface area contributed by atoms with E-state index in [0.29, 0.717) is 25.8 Å². The fourth-order valence-electron chi connectivity index (χ4n) is 4.27. The first kappa shape index (κ1) is 42.7. The van der Waals surface area contributed by atoms with Crippen molar-refractivity contribution in [2.75, 3.05) is 19.6 Å². The molecule has 47 heavy (non-hydrogen) atoms. The number of primary amides is 1. The van der Waals surface area contributed by atoms with Gasteiger partial charge in [0.15, 0.2) is 0 Å². The Bertz CT molecular complexity index is 1100. The molecule has 0 aromatic rings. The van der Waals surface area contributed by atoms with Crippen LogP contribution in [-0.2, 0) is 38.4 Å². The standard InChI is InChI=1S/C29H53N9O9/c1-15(2)10-18(31)26(44)38-21(12-22(32)39)28(46)33-13-23(40)36-19(8-6-7-9-30)29(47)35-17(5)25(43)37-20(11-16(3)4)27(45)34-14-24(41)42/h15-21H,6-14,30-31H2,1-5H3,(H2,32,39)(H,33,46)(H,34,45)(H,35,47)(H,36,40)(H,37,43)(H,38,44)(H,41,42)/t17-,18-,19-,20-,21-/m0/s1. The molecule has 13 N–H and O–H groups in total. The fourth-order valence-corrected chi connectivity index (χ4v) is 4.27. The minimum Gasteiger partial charge on any atom is -0.480 e. The predicted molar refractivity (Wildman–Crippen MR) is 171 cm³/mol. The van der Waals surface area contributed by atoms with Crippen LogP contribution in [0, 0.1) is 11.8 Å². The Morgan fingerprint density at radius 1 is 0.638 bits per heavy atom. The molecular formula is C29H53N9O9. The van der Waals surface area contributed by atoms with E-state index in [4.69, 9.17) is 22.3 Å². The van der Waals surface area contributed by atoms with Crippen molar-refractivity contribution in [1.82, 2.24) is 31.9 Å². The summed E-state index contributed by atoms with van der Waals surface area (Å²) >= 11 is 0. The van der Waals surface area contributed by atoms with Gasteiger partial charge in [-0.15, -0.1) is 0 Å². The minimum absolute atomic E-state index is 0.0341. The highest BCUT2D eigenvalue weighted by Crippen LogP contribution is 2.07. The number of carbonyl (C=O) groups is 8. The first-order chi connectivity index (χ1) is 21.9. The van der Waals surface area contributed by atoms with Crippen LogP contribution in [0.4, 0.5) is 0 Å². The topological polar surface area (TPSA) is 307 Å². The minimum atomic E-state index is -1.39. The number of nitrogens with one attached hydrogen (secondary N) is 6. The van der Waals surface area contributed by atoms with Gasteiger partial charge >= 0.3 is 5.97 Å². The van der Waals surface area contributed by atoms with Crippen LogP contribution < -0.4 is 49.1 Å². The zero-order valence-corrected chi connectivity index (χ0v) is 27.9. The van der Waals surface area contributed by atoms with E-state index in [1.807, 2.05) is 27.7 Å². The van der Waals surface area contributed by atoms with Crippen LogP contribution in [0.1, 0.15) is 73.1 Å². The first-order valence-electron chi connectivity index (χ1n) is 15.6. The third-order valence-electron chi connectivity index (χ3n) is 6.63. The normalized spacial score (nSPS) is 14.1. The van der Waals surface area contributed by atoms with Gasteiger partial charge in [-0.25, -0.2) is 0 Å². The maximum absolute atomic E-state index is 13.1. The summed E-state index contributed by atoms with van der Waals surface area (Å²) in [5.41, 5.74) is 16.6. The molecule has 0 aliphatic heterocycles. The average Bonchev–Trinajstić information content (AvgIpc) is 2.96. The maximum Gasteiger partial charge on any atom is 0.322 e. The lowest BCUT2D eigenvalue weighted by atomic mass is 10.0. The largest absolute Gasteiger partial charge is 0.480 e. The Labute approximate surface area is 274 Å². The number of rotatable bonds is 23. The summed E-state index contributed by atoms with van der Waals surface area (Å²) in [6.07, 6.45) is 1.09. The summed E-state index contributed by atoms with van der Waals surface area (Å²) in [4.78, 5) is 98.7. The number of unbranched alkanes of at least 4 members (excludes halogenated alkanes) is 1. The molecule has 0 saturated heterocycles. The molecule has 0 rings (SSSR count). The summed E-state index contributed by atoms with van der Waals surface area (Å²) in [6, 6.07) is -5.67. The van der Waals surface area contributed by atoms with E-state index in [-0.39, 0.29) is 24.7 Å². The van der Waals surface area contributed by atoms with Crippen LogP contribution in [0.5, 0.6) is 0 Å². The van der Waals surface area contributed by atoms with E-state index in [2.05, 4.69) is 31.9 Å². The molecule has 18 heteroatoms. The summed E-state index contributed by atoms with van der Waals surface area (Å²) < 4.78 is 0. The van der Waals surface area contributed by atoms with Gasteiger partial charge in [0.05, 0.1) is 19.0 Å². The van der Waals surface area contributed by atoms with Gasteiger partial charge in [0.25, 0.3) is 0 Å². The second-order valence-electron chi connectivity index (χ2n) is 12.1. The number of carboxylic acids is 1. The van der Waals surface area contributed by atoms with Crippen LogP contribution in [0.3, 0.4) is 0 Å². The molecule has 7 amide bonds. The predicted octanol–water partition coefficient (Wildman–Crippen LogP) is -3.31. The van der Waals surface area contributed by atoms with Gasteiger partial charge in [-0.1, -0.05) is 27.7 Å². The third kappa shape index (κ3) is 19.1. The second kappa shape index (κ2) is 22.2. The highest BCUT2D eigenvalue weighted by atomic mass is 16.4. The van der Waals surface area contributed by atoms with E-state index in [1.54, 1.807) is 0 Å². The number of hydrogen-bond donors (Lipinski definition) is 10. The van der Waals surface area contributed by atoms with Crippen molar-refractivity contribution < 1.29 is 43.5 Å². The van der Waals surface area contributed by atoms with E-state index < -0.39 is 97.0 Å². The van der Waals surface area contributed by atoms with Crippen molar-refractivity contribution in [3.05, 3.63) is 0 Å². The van der Waals surface area contributed by atoms with Crippen molar-refractivity contribution >= 4 is 47.3 Å².